The molecule has 1 unspecified atom stereocenters. The van der Waals surface area contributed by atoms with Gasteiger partial charge in [-0.05, 0) is 79.8 Å². The summed E-state index contributed by atoms with van der Waals surface area (Å²) in [4.78, 5) is 39.1. The molecule has 3 aliphatic carbocycles. The number of benzene rings is 2. The molecule has 328 valence electrons. The minimum Gasteiger partial charge on any atom is -0.496 e. The lowest BCUT2D eigenvalue weighted by molar-refractivity contribution is -0.183. The summed E-state index contributed by atoms with van der Waals surface area (Å²) in [5.41, 5.74) is 10.1. The Bertz CT molecular complexity index is 1760. The van der Waals surface area contributed by atoms with Gasteiger partial charge in [0.15, 0.2) is 0 Å². The molecule has 7 rings (SSSR count). The van der Waals surface area contributed by atoms with Gasteiger partial charge in [-0.1, -0.05) is 52.8 Å². The molecule has 3 saturated carbocycles. The quantitative estimate of drug-likeness (QED) is 0.117. The number of aliphatic hydroxyl groups excluding tert-OH is 3. The number of ether oxygens (including phenoxy) is 1. The van der Waals surface area contributed by atoms with E-state index in [9.17, 15) is 24.9 Å². The van der Waals surface area contributed by atoms with Crippen molar-refractivity contribution in [1.29, 1.82) is 0 Å². The lowest BCUT2D eigenvalue weighted by atomic mass is 9.45. The fraction of sp³-hybridized carbons (Fsp3) is 0.682. The number of rotatable bonds is 18. The Morgan fingerprint density at radius 1 is 1.10 bits per heavy atom. The van der Waals surface area contributed by atoms with Gasteiger partial charge in [-0.15, -0.1) is 0 Å². The number of carbonyl (C=O) groups is 2. The van der Waals surface area contributed by atoms with Gasteiger partial charge in [0.2, 0.25) is 5.91 Å². The number of amides is 2. The second-order valence-electron chi connectivity index (χ2n) is 18.1. The van der Waals surface area contributed by atoms with Crippen molar-refractivity contribution in [2.24, 2.45) is 29.1 Å². The lowest BCUT2D eigenvalue weighted by Gasteiger charge is -2.62. The highest BCUT2D eigenvalue weighted by molar-refractivity contribution is 5.97. The van der Waals surface area contributed by atoms with E-state index in [-0.39, 0.29) is 55.1 Å². The Morgan fingerprint density at radius 2 is 1.85 bits per heavy atom. The standard InChI is InChI=1S/C44H70N8O7/c1-10-50(11-2)21-32(22-51-23-33(24-53)47-48-51)45-42(56)30-15-29(16-34(17-30)49(7)8)35-14-12-13-28(41(35)58-9)20-52-40(39(27(4)55)38(25-54)59-52)43(57)46-37-19-31-18-36(26(37)3)44(31,5)6/h12-17,26-27,31-33,36-40,47-48,53-55H,10-11,18-25H2,1-9H3,(H,45,56)(H,46,57)/t26-,27-,31+,32-,33?,36-,37-,38-,39+,40-/m0/s1. The first-order valence-electron chi connectivity index (χ1n) is 21.5. The summed E-state index contributed by atoms with van der Waals surface area (Å²) >= 11 is 0. The molecule has 5 aliphatic rings. The van der Waals surface area contributed by atoms with Gasteiger partial charge < -0.3 is 40.5 Å². The monoisotopic (exact) mass is 823 g/mol. The van der Waals surface area contributed by atoms with Crippen molar-refractivity contribution in [2.45, 2.75) is 97.3 Å². The minimum absolute atomic E-state index is 0.00699. The van der Waals surface area contributed by atoms with E-state index in [4.69, 9.17) is 9.57 Å². The van der Waals surface area contributed by atoms with Gasteiger partial charge in [0.25, 0.3) is 5.91 Å². The summed E-state index contributed by atoms with van der Waals surface area (Å²) in [5.74, 6) is 0.914. The number of carbonyl (C=O) groups excluding carboxylic acids is 2. The van der Waals surface area contributed by atoms with Crippen LogP contribution in [0.15, 0.2) is 36.4 Å². The minimum atomic E-state index is -0.914. The smallest absolute Gasteiger partial charge is 0.251 e. The molecule has 2 heterocycles. The molecule has 0 spiro atoms. The average molecular weight is 823 g/mol. The maximum atomic E-state index is 14.3. The van der Waals surface area contributed by atoms with Crippen LogP contribution in [0.1, 0.15) is 70.3 Å². The van der Waals surface area contributed by atoms with E-state index >= 15 is 0 Å². The number of nitrogens with zero attached hydrogens (tertiary/aromatic N) is 4. The summed E-state index contributed by atoms with van der Waals surface area (Å²) in [5, 5.41) is 41.3. The Hall–Kier alpha value is -3.38. The van der Waals surface area contributed by atoms with Crippen LogP contribution in [0.3, 0.4) is 0 Å². The zero-order valence-electron chi connectivity index (χ0n) is 36.6. The Kier molecular flexibility index (Phi) is 14.6. The van der Waals surface area contributed by atoms with Crippen LogP contribution in [0.25, 0.3) is 11.1 Å². The van der Waals surface area contributed by atoms with Gasteiger partial charge in [-0.3, -0.25) is 14.4 Å². The third kappa shape index (κ3) is 9.58. The van der Waals surface area contributed by atoms with Crippen molar-refractivity contribution in [3.05, 3.63) is 47.5 Å². The van der Waals surface area contributed by atoms with Gasteiger partial charge in [0.05, 0.1) is 45.1 Å². The highest BCUT2D eigenvalue weighted by atomic mass is 16.7. The van der Waals surface area contributed by atoms with Gasteiger partial charge in [-0.2, -0.15) is 10.6 Å². The van der Waals surface area contributed by atoms with Crippen molar-refractivity contribution >= 4 is 17.5 Å². The van der Waals surface area contributed by atoms with E-state index in [0.717, 1.165) is 41.9 Å². The third-order valence-corrected chi connectivity index (χ3v) is 13.9. The molecule has 2 amide bonds. The third-order valence-electron chi connectivity index (χ3n) is 13.9. The zero-order chi connectivity index (χ0) is 42.8. The van der Waals surface area contributed by atoms with Crippen LogP contribution in [0.4, 0.5) is 5.69 Å². The number of aliphatic hydroxyl groups is 3. The van der Waals surface area contributed by atoms with Crippen LogP contribution in [-0.2, 0) is 16.2 Å². The number of anilines is 1. The first-order valence-corrected chi connectivity index (χ1v) is 21.5. The van der Waals surface area contributed by atoms with E-state index in [1.807, 2.05) is 60.4 Å². The molecule has 10 atom stereocenters. The van der Waals surface area contributed by atoms with Gasteiger partial charge >= 0.3 is 0 Å². The summed E-state index contributed by atoms with van der Waals surface area (Å²) in [6.45, 7) is 16.0. The second kappa shape index (κ2) is 19.1. The molecule has 2 aromatic rings. The van der Waals surface area contributed by atoms with Crippen molar-refractivity contribution in [1.82, 2.24) is 36.6 Å². The number of hydrogen-bond acceptors (Lipinski definition) is 13. The van der Waals surface area contributed by atoms with Crippen molar-refractivity contribution in [3.8, 4) is 16.9 Å². The topological polar surface area (TPSA) is 174 Å². The number of hydroxylamine groups is 2. The van der Waals surface area contributed by atoms with Crippen LogP contribution >= 0.6 is 0 Å². The van der Waals surface area contributed by atoms with E-state index in [1.165, 1.54) is 6.42 Å². The maximum absolute atomic E-state index is 14.3. The molecule has 2 aromatic carbocycles. The molecule has 15 heteroatoms. The Labute approximate surface area is 350 Å². The van der Waals surface area contributed by atoms with Crippen molar-refractivity contribution in [3.63, 3.8) is 0 Å². The molecule has 5 fully saturated rings. The molecule has 2 saturated heterocycles. The van der Waals surface area contributed by atoms with E-state index in [2.05, 4.69) is 61.1 Å². The predicted octanol–water partition coefficient (Wildman–Crippen LogP) is 2.21. The van der Waals surface area contributed by atoms with Crippen molar-refractivity contribution < 1.29 is 34.5 Å². The number of fused-ring (bicyclic) bond motifs is 2. The first-order chi connectivity index (χ1) is 28.1. The lowest BCUT2D eigenvalue weighted by Crippen LogP contribution is -2.62. The summed E-state index contributed by atoms with van der Waals surface area (Å²) in [6, 6.07) is 10.4. The molecular formula is C44H70N8O7. The van der Waals surface area contributed by atoms with Crippen LogP contribution in [0.5, 0.6) is 5.75 Å². The summed E-state index contributed by atoms with van der Waals surface area (Å²) in [6.07, 6.45) is 0.430. The Balaban J connectivity index is 1.27. The second-order valence-corrected chi connectivity index (χ2v) is 18.1. The molecular weight excluding hydrogens is 753 g/mol. The number of hydrogen-bond donors (Lipinski definition) is 7. The fourth-order valence-corrected chi connectivity index (χ4v) is 10.2. The molecule has 15 nitrogen and oxygen atoms in total. The highest BCUT2D eigenvalue weighted by Crippen LogP contribution is 2.61. The van der Waals surface area contributed by atoms with Crippen molar-refractivity contribution in [2.75, 3.05) is 72.0 Å². The number of nitrogens with one attached hydrogen (secondary N) is 4. The maximum Gasteiger partial charge on any atom is 0.251 e. The number of hydrazine groups is 2. The van der Waals surface area contributed by atoms with Crippen LogP contribution in [0, 0.1) is 29.1 Å². The van der Waals surface area contributed by atoms with Gasteiger partial charge in [0, 0.05) is 68.1 Å². The van der Waals surface area contributed by atoms with E-state index < -0.39 is 24.2 Å². The first kappa shape index (κ1) is 45.2. The molecule has 7 N–H and O–H groups in total. The Morgan fingerprint density at radius 3 is 2.44 bits per heavy atom. The number of para-hydroxylation sites is 1. The zero-order valence-corrected chi connectivity index (χ0v) is 36.6. The SMILES string of the molecule is CCN(CC)C[C@@H](CN1CC(CO)NN1)NC(=O)c1cc(-c2cccc(CN3O[C@@H](CO)[C@@H]([C@H](C)O)[C@H]3C(=O)N[C@H]3C[C@H]4C[C@@H]([C@@H]3C)C4(C)C)c2OC)cc(N(C)C)c1. The predicted molar refractivity (Wildman–Crippen MR) is 228 cm³/mol. The largest absolute Gasteiger partial charge is 0.496 e. The van der Waals surface area contributed by atoms with Crippen LogP contribution in [-0.4, -0.2) is 146 Å². The molecule has 2 bridgehead atoms. The fourth-order valence-electron chi connectivity index (χ4n) is 10.2. The van der Waals surface area contributed by atoms with E-state index in [1.54, 1.807) is 19.1 Å². The van der Waals surface area contributed by atoms with Crippen LogP contribution < -0.4 is 31.2 Å². The van der Waals surface area contributed by atoms with E-state index in [0.29, 0.717) is 48.7 Å². The van der Waals surface area contributed by atoms with Gasteiger partial charge in [-0.25, -0.2) is 10.4 Å². The summed E-state index contributed by atoms with van der Waals surface area (Å²) < 4.78 is 6.12. The summed E-state index contributed by atoms with van der Waals surface area (Å²) in [7, 11) is 5.48. The molecule has 2 aliphatic heterocycles. The van der Waals surface area contributed by atoms with Gasteiger partial charge in [0.1, 0.15) is 17.9 Å². The molecule has 0 aromatic heterocycles. The highest BCUT2D eigenvalue weighted by Gasteiger charge is 2.57. The normalized spacial score (nSPS) is 28.9. The number of methoxy groups -OCH3 is 1. The van der Waals surface area contributed by atoms with Crippen LogP contribution in [0.2, 0.25) is 0 Å². The number of likely N-dealkylation sites (N-methyl/N-ethyl adjacent to an activating group) is 1. The molecule has 59 heavy (non-hydrogen) atoms. The molecule has 0 radical (unpaired) electrons. The average Bonchev–Trinajstić information content (AvgIpc) is 3.84.